The molecule has 2 aromatic heterocycles. The summed E-state index contributed by atoms with van der Waals surface area (Å²) in [5.41, 5.74) is 1.79. The normalized spacial score (nSPS) is 10.8. The van der Waals surface area contributed by atoms with Crippen molar-refractivity contribution < 1.29 is 23.2 Å². The zero-order valence-corrected chi connectivity index (χ0v) is 19.2. The molecule has 0 atom stereocenters. The maximum Gasteiger partial charge on any atom is 0.339 e. The van der Waals surface area contributed by atoms with E-state index in [0.717, 1.165) is 10.9 Å². The van der Waals surface area contributed by atoms with Crippen molar-refractivity contribution in [2.75, 3.05) is 17.7 Å². The number of ether oxygens (including phenoxy) is 1. The Morgan fingerprint density at radius 1 is 1.06 bits per heavy atom. The van der Waals surface area contributed by atoms with Crippen LogP contribution >= 0.6 is 11.6 Å². The Morgan fingerprint density at radius 2 is 1.88 bits per heavy atom. The van der Waals surface area contributed by atoms with Crippen LogP contribution in [0, 0.1) is 6.92 Å². The summed E-state index contributed by atoms with van der Waals surface area (Å²) < 4.78 is 15.7. The van der Waals surface area contributed by atoms with Crippen molar-refractivity contribution in [1.29, 1.82) is 0 Å². The first-order valence-electron chi connectivity index (χ1n) is 10.4. The number of benzene rings is 2. The van der Waals surface area contributed by atoms with Crippen LogP contribution in [0.2, 0.25) is 5.02 Å². The fourth-order valence-electron chi connectivity index (χ4n) is 3.56. The van der Waals surface area contributed by atoms with Gasteiger partial charge in [-0.3, -0.25) is 9.59 Å². The molecule has 0 spiro atoms. The minimum atomic E-state index is -0.496. The Balaban J connectivity index is 1.49. The molecule has 0 bridgehead atoms. The van der Waals surface area contributed by atoms with E-state index in [-0.39, 0.29) is 24.5 Å². The van der Waals surface area contributed by atoms with Crippen LogP contribution in [-0.2, 0) is 11.2 Å². The third kappa shape index (κ3) is 4.97. The molecule has 2 aromatic carbocycles. The molecule has 174 valence electrons. The van der Waals surface area contributed by atoms with Crippen LogP contribution in [0.5, 0.6) is 5.75 Å². The molecule has 0 aliphatic heterocycles. The maximum absolute atomic E-state index is 12.7. The molecule has 0 saturated carbocycles. The number of methoxy groups -OCH3 is 1. The van der Waals surface area contributed by atoms with E-state index in [9.17, 15) is 14.4 Å². The Labute approximate surface area is 199 Å². The lowest BCUT2D eigenvalue weighted by atomic mass is 10.0. The van der Waals surface area contributed by atoms with Crippen molar-refractivity contribution in [1.82, 2.24) is 0 Å². The van der Waals surface area contributed by atoms with Gasteiger partial charge in [-0.25, -0.2) is 4.79 Å². The predicted molar refractivity (Wildman–Crippen MR) is 129 cm³/mol. The highest BCUT2D eigenvalue weighted by atomic mass is 35.5. The van der Waals surface area contributed by atoms with Gasteiger partial charge in [-0.05, 0) is 61.4 Å². The zero-order chi connectivity index (χ0) is 24.2. The highest BCUT2D eigenvalue weighted by Gasteiger charge is 2.16. The van der Waals surface area contributed by atoms with Gasteiger partial charge in [-0.1, -0.05) is 11.6 Å². The number of anilines is 2. The Bertz CT molecular complexity index is 1430. The van der Waals surface area contributed by atoms with E-state index >= 15 is 0 Å². The number of hydrogen-bond donors (Lipinski definition) is 2. The minimum Gasteiger partial charge on any atom is -0.497 e. The van der Waals surface area contributed by atoms with Crippen molar-refractivity contribution in [3.8, 4) is 5.75 Å². The molecule has 0 aliphatic carbocycles. The van der Waals surface area contributed by atoms with Crippen LogP contribution < -0.4 is 21.0 Å². The number of amides is 2. The highest BCUT2D eigenvalue weighted by Crippen LogP contribution is 2.27. The highest BCUT2D eigenvalue weighted by molar-refractivity contribution is 6.31. The number of hydrogen-bond acceptors (Lipinski definition) is 6. The number of carbonyl (C=O) groups is 2. The largest absolute Gasteiger partial charge is 0.497 e. The summed E-state index contributed by atoms with van der Waals surface area (Å²) in [6.45, 7) is 1.82. The number of rotatable bonds is 7. The number of carbonyl (C=O) groups excluding carboxylic acids is 2. The summed E-state index contributed by atoms with van der Waals surface area (Å²) in [4.78, 5) is 37.6. The monoisotopic (exact) mass is 480 g/mol. The number of nitrogens with one attached hydrogen (secondary N) is 2. The SMILES string of the molecule is COc1ccc2c(C)c(CCC(=O)Nc3ccc(Cl)cc3NC(=O)c3ccco3)c(=O)oc2c1. The molecular weight excluding hydrogens is 460 g/mol. The van der Waals surface area contributed by atoms with E-state index in [2.05, 4.69) is 10.6 Å². The number of fused-ring (bicyclic) bond motifs is 1. The lowest BCUT2D eigenvalue weighted by Crippen LogP contribution is -2.18. The molecule has 0 radical (unpaired) electrons. The Hall–Kier alpha value is -4.04. The molecule has 2 amide bonds. The first-order chi connectivity index (χ1) is 16.4. The second kappa shape index (κ2) is 9.84. The third-order valence-corrected chi connectivity index (χ3v) is 5.58. The summed E-state index contributed by atoms with van der Waals surface area (Å²) in [6.07, 6.45) is 1.60. The fourth-order valence-corrected chi connectivity index (χ4v) is 3.73. The van der Waals surface area contributed by atoms with Crippen molar-refractivity contribution in [2.24, 2.45) is 0 Å². The first-order valence-corrected chi connectivity index (χ1v) is 10.8. The smallest absolute Gasteiger partial charge is 0.339 e. The van der Waals surface area contributed by atoms with Gasteiger partial charge in [-0.2, -0.15) is 0 Å². The van der Waals surface area contributed by atoms with E-state index in [1.165, 1.54) is 25.5 Å². The first kappa shape index (κ1) is 23.1. The van der Waals surface area contributed by atoms with Gasteiger partial charge in [0.2, 0.25) is 5.91 Å². The molecule has 0 saturated heterocycles. The van der Waals surface area contributed by atoms with Gasteiger partial charge in [0.15, 0.2) is 5.76 Å². The van der Waals surface area contributed by atoms with Crippen molar-refractivity contribution in [3.63, 3.8) is 0 Å². The average Bonchev–Trinajstić information content (AvgIpc) is 3.35. The van der Waals surface area contributed by atoms with Crippen molar-refractivity contribution >= 4 is 45.8 Å². The van der Waals surface area contributed by atoms with E-state index in [1.807, 2.05) is 13.0 Å². The van der Waals surface area contributed by atoms with Crippen LogP contribution in [0.25, 0.3) is 11.0 Å². The summed E-state index contributed by atoms with van der Waals surface area (Å²) in [7, 11) is 1.54. The maximum atomic E-state index is 12.7. The summed E-state index contributed by atoms with van der Waals surface area (Å²) in [5, 5.41) is 6.59. The third-order valence-electron chi connectivity index (χ3n) is 5.35. The zero-order valence-electron chi connectivity index (χ0n) is 18.4. The standard InChI is InChI=1S/C25H21ClN2O6/c1-14-17-7-6-16(32-2)13-22(17)34-25(31)18(14)8-10-23(29)27-19-9-5-15(26)12-20(19)28-24(30)21-4-3-11-33-21/h3-7,9,11-13H,8,10H2,1-2H3,(H,27,29)(H,28,30). The minimum absolute atomic E-state index is 0.0292. The van der Waals surface area contributed by atoms with Gasteiger partial charge in [-0.15, -0.1) is 0 Å². The summed E-state index contributed by atoms with van der Waals surface area (Å²) in [5.74, 6) is -0.123. The molecule has 34 heavy (non-hydrogen) atoms. The van der Waals surface area contributed by atoms with Gasteiger partial charge in [0.25, 0.3) is 5.91 Å². The van der Waals surface area contributed by atoms with Crippen molar-refractivity contribution in [2.45, 2.75) is 19.8 Å². The van der Waals surface area contributed by atoms with Crippen LogP contribution in [0.3, 0.4) is 0 Å². The topological polar surface area (TPSA) is 111 Å². The van der Waals surface area contributed by atoms with Crippen LogP contribution in [0.4, 0.5) is 11.4 Å². The molecule has 4 aromatic rings. The quantitative estimate of drug-likeness (QED) is 0.352. The summed E-state index contributed by atoms with van der Waals surface area (Å²) >= 11 is 6.06. The lowest BCUT2D eigenvalue weighted by molar-refractivity contribution is -0.116. The molecule has 0 fully saturated rings. The molecule has 2 N–H and O–H groups in total. The van der Waals surface area contributed by atoms with E-state index in [0.29, 0.717) is 33.3 Å². The number of furan rings is 1. The molecule has 4 rings (SSSR count). The van der Waals surface area contributed by atoms with Gasteiger partial charge in [0.1, 0.15) is 11.3 Å². The van der Waals surface area contributed by atoms with Crippen molar-refractivity contribution in [3.05, 3.63) is 87.1 Å². The molecule has 9 heteroatoms. The van der Waals surface area contributed by atoms with Gasteiger partial charge in [0.05, 0.1) is 24.7 Å². The molecule has 0 unspecified atom stereocenters. The molecule has 0 aliphatic rings. The average molecular weight is 481 g/mol. The van der Waals surface area contributed by atoms with Crippen LogP contribution in [-0.4, -0.2) is 18.9 Å². The van der Waals surface area contributed by atoms with E-state index < -0.39 is 11.5 Å². The summed E-state index contributed by atoms with van der Waals surface area (Å²) in [6, 6.07) is 13.1. The van der Waals surface area contributed by atoms with Crippen LogP contribution in [0.1, 0.15) is 28.1 Å². The second-order valence-corrected chi connectivity index (χ2v) is 7.96. The fraction of sp³-hybridized carbons (Fsp3) is 0.160. The predicted octanol–water partition coefficient (Wildman–Crippen LogP) is 5.18. The van der Waals surface area contributed by atoms with Crippen LogP contribution in [0.15, 0.2) is 68.4 Å². The van der Waals surface area contributed by atoms with E-state index in [4.69, 9.17) is 25.2 Å². The molecule has 8 nitrogen and oxygen atoms in total. The second-order valence-electron chi connectivity index (χ2n) is 7.52. The lowest BCUT2D eigenvalue weighted by Gasteiger charge is -2.13. The molecular formula is C25H21ClN2O6. The van der Waals surface area contributed by atoms with E-state index in [1.54, 1.807) is 30.3 Å². The number of aryl methyl sites for hydroxylation is 1. The Morgan fingerprint density at radius 3 is 2.62 bits per heavy atom. The Kier molecular flexibility index (Phi) is 6.70. The molecule has 2 heterocycles. The van der Waals surface area contributed by atoms with Gasteiger partial charge < -0.3 is 24.2 Å². The number of halogens is 1. The van der Waals surface area contributed by atoms with Gasteiger partial charge >= 0.3 is 5.63 Å². The van der Waals surface area contributed by atoms with Gasteiger partial charge in [0, 0.05) is 28.5 Å².